The van der Waals surface area contributed by atoms with Crippen LogP contribution in [0.5, 0.6) is 0 Å². The Balaban J connectivity index is 1.88. The summed E-state index contributed by atoms with van der Waals surface area (Å²) in [4.78, 5) is 14.5. The van der Waals surface area contributed by atoms with Crippen LogP contribution in [0.3, 0.4) is 0 Å². The molecule has 0 saturated carbocycles. The van der Waals surface area contributed by atoms with Crippen molar-refractivity contribution < 1.29 is 9.00 Å². The van der Waals surface area contributed by atoms with Gasteiger partial charge in [0.15, 0.2) is 0 Å². The monoisotopic (exact) mass is 323 g/mol. The average Bonchev–Trinajstić information content (AvgIpc) is 2.96. The largest absolute Gasteiger partial charge is 0.338 e. The molecule has 0 radical (unpaired) electrons. The van der Waals surface area contributed by atoms with Crippen LogP contribution in [0.1, 0.15) is 31.9 Å². The van der Waals surface area contributed by atoms with Gasteiger partial charge >= 0.3 is 6.03 Å². The molecule has 22 heavy (non-hydrogen) atoms. The molecule has 2 N–H and O–H groups in total. The van der Waals surface area contributed by atoms with E-state index in [9.17, 15) is 9.00 Å². The third-order valence-electron chi connectivity index (χ3n) is 4.00. The quantitative estimate of drug-likeness (QED) is 0.870. The van der Waals surface area contributed by atoms with Crippen LogP contribution in [0.25, 0.3) is 0 Å². The maximum atomic E-state index is 11.8. The van der Waals surface area contributed by atoms with Crippen molar-refractivity contribution in [2.24, 2.45) is 0 Å². The lowest BCUT2D eigenvalue weighted by molar-refractivity contribution is 0.208. The van der Waals surface area contributed by atoms with Gasteiger partial charge in [-0.2, -0.15) is 0 Å². The smallest absolute Gasteiger partial charge is 0.317 e. The van der Waals surface area contributed by atoms with Gasteiger partial charge in [0.2, 0.25) is 0 Å². The van der Waals surface area contributed by atoms with Crippen LogP contribution < -0.4 is 10.6 Å². The summed E-state index contributed by atoms with van der Waals surface area (Å²) in [6.45, 7) is 6.25. The highest BCUT2D eigenvalue weighted by molar-refractivity contribution is 7.84. The topological polar surface area (TPSA) is 61.4 Å². The van der Waals surface area contributed by atoms with Gasteiger partial charge in [0.1, 0.15) is 0 Å². The van der Waals surface area contributed by atoms with E-state index < -0.39 is 10.8 Å². The average molecular weight is 323 g/mol. The zero-order chi connectivity index (χ0) is 16.1. The molecule has 3 atom stereocenters. The molecule has 1 heterocycles. The number of carbonyl (C=O) groups is 1. The Hall–Kier alpha value is -1.40. The predicted octanol–water partition coefficient (Wildman–Crippen LogP) is 1.88. The van der Waals surface area contributed by atoms with E-state index in [-0.39, 0.29) is 12.1 Å². The first-order chi connectivity index (χ1) is 10.5. The number of benzene rings is 1. The van der Waals surface area contributed by atoms with Gasteiger partial charge in [-0.25, -0.2) is 4.79 Å². The second-order valence-electron chi connectivity index (χ2n) is 5.68. The number of urea groups is 1. The summed E-state index contributed by atoms with van der Waals surface area (Å²) in [6, 6.07) is 8.42. The van der Waals surface area contributed by atoms with Gasteiger partial charge < -0.3 is 15.5 Å². The number of nitrogens with one attached hydrogen (secondary N) is 2. The van der Waals surface area contributed by atoms with E-state index in [2.05, 4.69) is 17.6 Å². The standard InChI is InChI=1S/C16H25N3O2S/c1-4-17-16(20)19-10-9-14(11-19)18-12(2)13-5-7-15(8-6-13)22(3)21/h5-8,12,14,18H,4,9-11H2,1-3H3,(H,17,20)/t12-,14+,22+/m1/s1. The summed E-state index contributed by atoms with van der Waals surface area (Å²) in [7, 11) is -0.938. The number of hydrogen-bond donors (Lipinski definition) is 2. The van der Waals surface area contributed by atoms with Crippen LogP contribution >= 0.6 is 0 Å². The first kappa shape index (κ1) is 17.0. The molecule has 1 fully saturated rings. The van der Waals surface area contributed by atoms with Crippen molar-refractivity contribution in [3.63, 3.8) is 0 Å². The molecular weight excluding hydrogens is 298 g/mol. The number of hydrogen-bond acceptors (Lipinski definition) is 3. The Labute approximate surface area is 134 Å². The van der Waals surface area contributed by atoms with Gasteiger partial charge in [-0.15, -0.1) is 0 Å². The Bertz CT molecular complexity index is 533. The molecule has 1 saturated heterocycles. The Morgan fingerprint density at radius 2 is 2.09 bits per heavy atom. The molecule has 6 heteroatoms. The summed E-state index contributed by atoms with van der Waals surface area (Å²) in [5.74, 6) is 0. The van der Waals surface area contributed by atoms with Crippen LogP contribution in [-0.2, 0) is 10.8 Å². The van der Waals surface area contributed by atoms with Crippen molar-refractivity contribution in [1.29, 1.82) is 0 Å². The zero-order valence-corrected chi connectivity index (χ0v) is 14.3. The molecule has 0 bridgehead atoms. The molecule has 0 spiro atoms. The van der Waals surface area contributed by atoms with Crippen molar-refractivity contribution in [1.82, 2.24) is 15.5 Å². The van der Waals surface area contributed by atoms with Crippen molar-refractivity contribution in [3.05, 3.63) is 29.8 Å². The minimum absolute atomic E-state index is 0.0224. The molecule has 1 aromatic rings. The molecular formula is C16H25N3O2S. The fraction of sp³-hybridized carbons (Fsp3) is 0.562. The van der Waals surface area contributed by atoms with Gasteiger partial charge in [0, 0.05) is 53.7 Å². The Morgan fingerprint density at radius 3 is 2.68 bits per heavy atom. The predicted molar refractivity (Wildman–Crippen MR) is 89.4 cm³/mol. The normalized spacial score (nSPS) is 20.7. The van der Waals surface area contributed by atoms with Crippen LogP contribution in [0.15, 0.2) is 29.2 Å². The number of rotatable bonds is 5. The maximum Gasteiger partial charge on any atom is 0.317 e. The van der Waals surface area contributed by atoms with Gasteiger partial charge in [0.25, 0.3) is 0 Å². The summed E-state index contributed by atoms with van der Waals surface area (Å²) < 4.78 is 11.4. The number of carbonyl (C=O) groups excluding carboxylic acids is 1. The van der Waals surface area contributed by atoms with E-state index in [0.717, 1.165) is 24.4 Å². The third kappa shape index (κ3) is 4.30. The SMILES string of the molecule is CCNC(=O)N1CC[C@H](N[C@H](C)c2ccc([S@](C)=O)cc2)C1. The minimum atomic E-state index is -0.938. The molecule has 1 aliphatic rings. The van der Waals surface area contributed by atoms with Crippen LogP contribution in [0.2, 0.25) is 0 Å². The first-order valence-corrected chi connectivity index (χ1v) is 9.29. The Kier molecular flexibility index (Phi) is 5.97. The van der Waals surface area contributed by atoms with Crippen molar-refractivity contribution in [3.8, 4) is 0 Å². The first-order valence-electron chi connectivity index (χ1n) is 7.73. The number of likely N-dealkylation sites (tertiary alicyclic amines) is 1. The lowest BCUT2D eigenvalue weighted by Gasteiger charge is -2.21. The summed E-state index contributed by atoms with van der Waals surface area (Å²) in [5.41, 5.74) is 1.17. The van der Waals surface area contributed by atoms with Gasteiger partial charge in [-0.05, 0) is 38.0 Å². The van der Waals surface area contributed by atoms with E-state index >= 15 is 0 Å². The van der Waals surface area contributed by atoms with Gasteiger partial charge in [-0.3, -0.25) is 4.21 Å². The molecule has 1 aromatic carbocycles. The molecule has 0 aromatic heterocycles. The van der Waals surface area contributed by atoms with Crippen LogP contribution in [0.4, 0.5) is 4.79 Å². The zero-order valence-electron chi connectivity index (χ0n) is 13.5. The van der Waals surface area contributed by atoms with Crippen LogP contribution in [-0.4, -0.2) is 47.1 Å². The van der Waals surface area contributed by atoms with E-state index in [4.69, 9.17) is 0 Å². The summed E-state index contributed by atoms with van der Waals surface area (Å²) in [5, 5.41) is 6.41. The third-order valence-corrected chi connectivity index (χ3v) is 4.94. The fourth-order valence-electron chi connectivity index (χ4n) is 2.74. The van der Waals surface area contributed by atoms with Crippen molar-refractivity contribution >= 4 is 16.8 Å². The van der Waals surface area contributed by atoms with Crippen LogP contribution in [0, 0.1) is 0 Å². The molecule has 2 rings (SSSR count). The van der Waals surface area contributed by atoms with E-state index in [1.807, 2.05) is 36.1 Å². The molecule has 122 valence electrons. The van der Waals surface area contributed by atoms with Gasteiger partial charge in [0.05, 0.1) is 0 Å². The van der Waals surface area contributed by atoms with Crippen molar-refractivity contribution in [2.75, 3.05) is 25.9 Å². The Morgan fingerprint density at radius 1 is 1.41 bits per heavy atom. The maximum absolute atomic E-state index is 11.8. The lowest BCUT2D eigenvalue weighted by Crippen LogP contribution is -2.41. The van der Waals surface area contributed by atoms with E-state index in [1.54, 1.807) is 6.26 Å². The molecule has 0 aliphatic carbocycles. The van der Waals surface area contributed by atoms with Gasteiger partial charge in [-0.1, -0.05) is 12.1 Å². The minimum Gasteiger partial charge on any atom is -0.338 e. The molecule has 0 unspecified atom stereocenters. The highest BCUT2D eigenvalue weighted by atomic mass is 32.2. The highest BCUT2D eigenvalue weighted by Crippen LogP contribution is 2.18. The van der Waals surface area contributed by atoms with E-state index in [1.165, 1.54) is 5.56 Å². The van der Waals surface area contributed by atoms with E-state index in [0.29, 0.717) is 12.6 Å². The fourth-order valence-corrected chi connectivity index (χ4v) is 3.26. The summed E-state index contributed by atoms with van der Waals surface area (Å²) in [6.07, 6.45) is 2.66. The second-order valence-corrected chi connectivity index (χ2v) is 7.06. The number of amides is 2. The van der Waals surface area contributed by atoms with Crippen molar-refractivity contribution in [2.45, 2.75) is 37.2 Å². The molecule has 1 aliphatic heterocycles. The number of nitrogens with zero attached hydrogens (tertiary/aromatic N) is 1. The highest BCUT2D eigenvalue weighted by Gasteiger charge is 2.26. The molecule has 2 amide bonds. The lowest BCUT2D eigenvalue weighted by atomic mass is 10.1. The second kappa shape index (κ2) is 7.74. The summed E-state index contributed by atoms with van der Waals surface area (Å²) >= 11 is 0. The molecule has 5 nitrogen and oxygen atoms in total.